The summed E-state index contributed by atoms with van der Waals surface area (Å²) in [4.78, 5) is 30.4. The number of benzene rings is 1. The van der Waals surface area contributed by atoms with Crippen molar-refractivity contribution in [1.82, 2.24) is 9.55 Å². The smallest absolute Gasteiger partial charge is 0.266 e. The Kier molecular flexibility index (Phi) is 4.94. The van der Waals surface area contributed by atoms with Crippen molar-refractivity contribution in [2.24, 2.45) is 0 Å². The van der Waals surface area contributed by atoms with Gasteiger partial charge in [-0.2, -0.15) is 0 Å². The molecule has 0 unspecified atom stereocenters. The molecule has 1 aromatic carbocycles. The van der Waals surface area contributed by atoms with E-state index in [0.717, 1.165) is 24.2 Å². The second-order valence-electron chi connectivity index (χ2n) is 5.77. The first-order chi connectivity index (χ1) is 12.0. The van der Waals surface area contributed by atoms with Gasteiger partial charge in [-0.25, -0.2) is 9.37 Å². The van der Waals surface area contributed by atoms with Crippen LogP contribution < -0.4 is 10.9 Å². The summed E-state index contributed by atoms with van der Waals surface area (Å²) >= 11 is 1.14. The van der Waals surface area contributed by atoms with Crippen molar-refractivity contribution in [1.29, 1.82) is 0 Å². The number of thiophene rings is 1. The number of anilines is 1. The van der Waals surface area contributed by atoms with Crippen LogP contribution in [-0.4, -0.2) is 15.5 Å². The third kappa shape index (κ3) is 3.32. The average molecular weight is 359 g/mol. The number of hydrogen-bond donors (Lipinski definition) is 1. The highest BCUT2D eigenvalue weighted by Crippen LogP contribution is 2.28. The topological polar surface area (TPSA) is 64.0 Å². The van der Waals surface area contributed by atoms with Gasteiger partial charge in [-0.05, 0) is 31.0 Å². The van der Waals surface area contributed by atoms with Crippen LogP contribution in [0.1, 0.15) is 35.0 Å². The first kappa shape index (κ1) is 17.3. The number of rotatable bonds is 5. The van der Waals surface area contributed by atoms with Crippen LogP contribution in [0.2, 0.25) is 0 Å². The molecule has 0 atom stereocenters. The predicted molar refractivity (Wildman–Crippen MR) is 97.9 cm³/mol. The van der Waals surface area contributed by atoms with Gasteiger partial charge >= 0.3 is 0 Å². The molecule has 3 aromatic rings. The highest BCUT2D eigenvalue weighted by Gasteiger charge is 2.20. The number of para-hydroxylation sites is 1. The second kappa shape index (κ2) is 7.14. The maximum absolute atomic E-state index is 13.7. The van der Waals surface area contributed by atoms with Crippen LogP contribution in [0.15, 0.2) is 35.4 Å². The minimum Gasteiger partial charge on any atom is -0.319 e. The van der Waals surface area contributed by atoms with Gasteiger partial charge in [0.15, 0.2) is 0 Å². The Morgan fingerprint density at radius 1 is 1.36 bits per heavy atom. The van der Waals surface area contributed by atoms with E-state index in [1.54, 1.807) is 23.6 Å². The number of halogens is 1. The lowest BCUT2D eigenvalue weighted by Gasteiger charge is -2.05. The molecular formula is C18H18FN3O2S. The van der Waals surface area contributed by atoms with E-state index in [4.69, 9.17) is 0 Å². The molecule has 0 radical (unpaired) electrons. The van der Waals surface area contributed by atoms with Gasteiger partial charge in [-0.15, -0.1) is 11.3 Å². The van der Waals surface area contributed by atoms with E-state index >= 15 is 0 Å². The van der Waals surface area contributed by atoms with Crippen LogP contribution in [0, 0.1) is 12.7 Å². The molecule has 130 valence electrons. The number of hydrogen-bond acceptors (Lipinski definition) is 4. The average Bonchev–Trinajstić information content (AvgIpc) is 2.94. The van der Waals surface area contributed by atoms with Crippen LogP contribution in [-0.2, 0) is 6.54 Å². The molecule has 25 heavy (non-hydrogen) atoms. The van der Waals surface area contributed by atoms with Crippen LogP contribution in [0.25, 0.3) is 10.2 Å². The van der Waals surface area contributed by atoms with E-state index in [1.165, 1.54) is 18.5 Å². The molecule has 3 rings (SSSR count). The van der Waals surface area contributed by atoms with Gasteiger partial charge in [0.05, 0.1) is 22.3 Å². The molecule has 0 aliphatic carbocycles. The van der Waals surface area contributed by atoms with E-state index in [0.29, 0.717) is 27.2 Å². The lowest BCUT2D eigenvalue weighted by Crippen LogP contribution is -2.20. The summed E-state index contributed by atoms with van der Waals surface area (Å²) in [5.41, 5.74) is 0.548. The van der Waals surface area contributed by atoms with Crippen molar-refractivity contribution in [3.63, 3.8) is 0 Å². The molecule has 0 fully saturated rings. The first-order valence-corrected chi connectivity index (χ1v) is 8.89. The zero-order valence-electron chi connectivity index (χ0n) is 14.0. The van der Waals surface area contributed by atoms with Crippen molar-refractivity contribution in [2.45, 2.75) is 33.2 Å². The molecule has 0 saturated heterocycles. The fraction of sp³-hybridized carbons (Fsp3) is 0.278. The zero-order chi connectivity index (χ0) is 18.0. The second-order valence-corrected chi connectivity index (χ2v) is 6.77. The Morgan fingerprint density at radius 3 is 2.84 bits per heavy atom. The Morgan fingerprint density at radius 2 is 2.12 bits per heavy atom. The van der Waals surface area contributed by atoms with Crippen LogP contribution in [0.3, 0.4) is 0 Å². The molecule has 1 N–H and O–H groups in total. The maximum Gasteiger partial charge on any atom is 0.266 e. The summed E-state index contributed by atoms with van der Waals surface area (Å²) in [6.45, 7) is 4.38. The molecule has 7 heteroatoms. The normalized spacial score (nSPS) is 11.0. The Bertz CT molecular complexity index is 994. The Hall–Kier alpha value is -2.54. The van der Waals surface area contributed by atoms with Gasteiger partial charge in [0.2, 0.25) is 0 Å². The van der Waals surface area contributed by atoms with Crippen molar-refractivity contribution in [3.8, 4) is 0 Å². The molecular weight excluding hydrogens is 341 g/mol. The molecule has 0 aliphatic heterocycles. The van der Waals surface area contributed by atoms with E-state index in [1.807, 2.05) is 0 Å². The number of fused-ring (bicyclic) bond motifs is 1. The van der Waals surface area contributed by atoms with Crippen LogP contribution in [0.4, 0.5) is 10.1 Å². The van der Waals surface area contributed by atoms with Gasteiger partial charge in [-0.1, -0.05) is 25.5 Å². The zero-order valence-corrected chi connectivity index (χ0v) is 14.8. The van der Waals surface area contributed by atoms with Gasteiger partial charge in [-0.3, -0.25) is 14.2 Å². The van der Waals surface area contributed by atoms with Gasteiger partial charge < -0.3 is 5.32 Å². The molecule has 0 saturated carbocycles. The largest absolute Gasteiger partial charge is 0.319 e. The number of carbonyl (C=O) groups is 1. The summed E-state index contributed by atoms with van der Waals surface area (Å²) in [5.74, 6) is -0.945. The summed E-state index contributed by atoms with van der Waals surface area (Å²) in [5, 5.41) is 3.02. The molecule has 5 nitrogen and oxygen atoms in total. The van der Waals surface area contributed by atoms with E-state index < -0.39 is 11.7 Å². The summed E-state index contributed by atoms with van der Waals surface area (Å²) in [7, 11) is 0. The standard InChI is InChI=1S/C18H18FN3O2S/c1-3-4-9-22-10-20-17-14(18(22)24)11(2)15(25-17)16(23)21-13-8-6-5-7-12(13)19/h5-8,10H,3-4,9H2,1-2H3,(H,21,23). The van der Waals surface area contributed by atoms with Crippen molar-refractivity contribution < 1.29 is 9.18 Å². The van der Waals surface area contributed by atoms with Crippen molar-refractivity contribution >= 4 is 33.1 Å². The minimum atomic E-state index is -0.505. The Balaban J connectivity index is 1.99. The number of unbranched alkanes of at least 4 members (excludes halogenated alkanes) is 1. The minimum absolute atomic E-state index is 0.109. The van der Waals surface area contributed by atoms with E-state index in [-0.39, 0.29) is 11.2 Å². The SMILES string of the molecule is CCCCn1cnc2sc(C(=O)Nc3ccccc3F)c(C)c2c1=O. The fourth-order valence-electron chi connectivity index (χ4n) is 2.61. The van der Waals surface area contributed by atoms with Crippen LogP contribution in [0.5, 0.6) is 0 Å². The highest BCUT2D eigenvalue weighted by molar-refractivity contribution is 7.20. The van der Waals surface area contributed by atoms with Gasteiger partial charge in [0.1, 0.15) is 10.6 Å². The maximum atomic E-state index is 13.7. The highest BCUT2D eigenvalue weighted by atomic mass is 32.1. The number of amides is 1. The molecule has 0 bridgehead atoms. The third-order valence-corrected chi connectivity index (χ3v) is 5.20. The predicted octanol–water partition coefficient (Wildman–Crippen LogP) is 3.96. The molecule has 0 aliphatic rings. The van der Waals surface area contributed by atoms with Crippen LogP contribution >= 0.6 is 11.3 Å². The summed E-state index contributed by atoms with van der Waals surface area (Å²) in [6.07, 6.45) is 3.38. The molecule has 0 spiro atoms. The van der Waals surface area contributed by atoms with E-state index in [2.05, 4.69) is 17.2 Å². The first-order valence-electron chi connectivity index (χ1n) is 8.07. The quantitative estimate of drug-likeness (QED) is 0.750. The van der Waals surface area contributed by atoms with Gasteiger partial charge in [0.25, 0.3) is 11.5 Å². The Labute approximate surface area is 148 Å². The molecule has 1 amide bonds. The summed E-state index contributed by atoms with van der Waals surface area (Å²) in [6, 6.07) is 5.97. The summed E-state index contributed by atoms with van der Waals surface area (Å²) < 4.78 is 15.3. The monoisotopic (exact) mass is 359 g/mol. The van der Waals surface area contributed by atoms with Gasteiger partial charge in [0, 0.05) is 6.54 Å². The van der Waals surface area contributed by atoms with Crippen molar-refractivity contribution in [2.75, 3.05) is 5.32 Å². The van der Waals surface area contributed by atoms with Crippen molar-refractivity contribution in [3.05, 3.63) is 57.2 Å². The lowest BCUT2D eigenvalue weighted by atomic mass is 10.2. The number of nitrogens with one attached hydrogen (secondary N) is 1. The van der Waals surface area contributed by atoms with E-state index in [9.17, 15) is 14.0 Å². The fourth-order valence-corrected chi connectivity index (χ4v) is 3.64. The number of nitrogens with zero attached hydrogens (tertiary/aromatic N) is 2. The molecule has 2 aromatic heterocycles. The number of carbonyl (C=O) groups excluding carboxylic acids is 1. The number of aromatic nitrogens is 2. The number of aryl methyl sites for hydroxylation is 2. The molecule has 2 heterocycles. The lowest BCUT2D eigenvalue weighted by molar-refractivity contribution is 0.102. The third-order valence-electron chi connectivity index (χ3n) is 4.00.